The van der Waals surface area contributed by atoms with Crippen molar-refractivity contribution in [2.75, 3.05) is 5.32 Å². The zero-order valence-corrected chi connectivity index (χ0v) is 21.0. The molecular formula is C28H37N3O. The summed E-state index contributed by atoms with van der Waals surface area (Å²) in [5.74, 6) is -0.109. The summed E-state index contributed by atoms with van der Waals surface area (Å²) in [6.45, 7) is 19.6. The van der Waals surface area contributed by atoms with Gasteiger partial charge in [0.1, 0.15) is 0 Å². The summed E-state index contributed by atoms with van der Waals surface area (Å²) in [5.41, 5.74) is 5.84. The van der Waals surface area contributed by atoms with Gasteiger partial charge in [-0.25, -0.2) is 4.68 Å². The Kier molecular flexibility index (Phi) is 6.12. The molecule has 0 unspecified atom stereocenters. The number of aromatic nitrogens is 2. The molecule has 170 valence electrons. The lowest BCUT2D eigenvalue weighted by Gasteiger charge is -2.20. The van der Waals surface area contributed by atoms with Crippen LogP contribution in [0.3, 0.4) is 0 Å². The van der Waals surface area contributed by atoms with Crippen LogP contribution >= 0.6 is 0 Å². The van der Waals surface area contributed by atoms with E-state index in [-0.39, 0.29) is 22.2 Å². The molecule has 0 spiro atoms. The first-order chi connectivity index (χ1) is 14.7. The second-order valence-corrected chi connectivity index (χ2v) is 11.7. The van der Waals surface area contributed by atoms with Crippen LogP contribution in [0.4, 0.5) is 5.69 Å². The number of carbonyl (C=O) groups excluding carboxylic acids is 1. The predicted molar refractivity (Wildman–Crippen MR) is 134 cm³/mol. The van der Waals surface area contributed by atoms with E-state index in [1.807, 2.05) is 53.2 Å². The molecule has 0 fully saturated rings. The number of rotatable bonds is 3. The third kappa shape index (κ3) is 5.29. The highest BCUT2D eigenvalue weighted by atomic mass is 16.1. The summed E-state index contributed by atoms with van der Waals surface area (Å²) in [5, 5.41) is 7.91. The molecular weight excluding hydrogens is 394 g/mol. The molecule has 0 aliphatic heterocycles. The molecule has 0 saturated carbocycles. The third-order valence-corrected chi connectivity index (χ3v) is 5.63. The van der Waals surface area contributed by atoms with E-state index in [2.05, 4.69) is 73.7 Å². The maximum atomic E-state index is 12.7. The minimum absolute atomic E-state index is 0.0261. The van der Waals surface area contributed by atoms with E-state index in [1.54, 1.807) is 0 Å². The van der Waals surface area contributed by atoms with Gasteiger partial charge in [0, 0.05) is 27.8 Å². The van der Waals surface area contributed by atoms with Gasteiger partial charge in [0.05, 0.1) is 11.4 Å². The van der Waals surface area contributed by atoms with Gasteiger partial charge in [-0.1, -0.05) is 74.4 Å². The van der Waals surface area contributed by atoms with E-state index in [0.29, 0.717) is 5.56 Å². The van der Waals surface area contributed by atoms with Crippen LogP contribution in [-0.2, 0) is 16.2 Å². The summed E-state index contributed by atoms with van der Waals surface area (Å²) in [6, 6.07) is 17.9. The molecule has 0 atom stereocenters. The molecule has 0 bridgehead atoms. The van der Waals surface area contributed by atoms with Crippen LogP contribution in [0.25, 0.3) is 5.69 Å². The van der Waals surface area contributed by atoms with Crippen LogP contribution in [0.1, 0.15) is 89.6 Å². The van der Waals surface area contributed by atoms with Crippen molar-refractivity contribution in [1.29, 1.82) is 0 Å². The van der Waals surface area contributed by atoms with Gasteiger partial charge >= 0.3 is 0 Å². The average molecular weight is 432 g/mol. The van der Waals surface area contributed by atoms with E-state index >= 15 is 0 Å². The van der Waals surface area contributed by atoms with Crippen molar-refractivity contribution in [1.82, 2.24) is 9.78 Å². The molecule has 1 aromatic heterocycles. The molecule has 32 heavy (non-hydrogen) atoms. The molecule has 0 saturated heterocycles. The van der Waals surface area contributed by atoms with Crippen LogP contribution in [-0.4, -0.2) is 15.7 Å². The molecule has 4 nitrogen and oxygen atoms in total. The van der Waals surface area contributed by atoms with Crippen molar-refractivity contribution in [2.45, 2.75) is 78.6 Å². The fraction of sp³-hybridized carbons (Fsp3) is 0.429. The largest absolute Gasteiger partial charge is 0.322 e. The van der Waals surface area contributed by atoms with Gasteiger partial charge in [-0.3, -0.25) is 4.79 Å². The van der Waals surface area contributed by atoms with Gasteiger partial charge < -0.3 is 5.32 Å². The lowest BCUT2D eigenvalue weighted by atomic mass is 9.87. The Labute approximate surface area is 193 Å². The Bertz CT molecular complexity index is 1080. The van der Waals surface area contributed by atoms with Crippen LogP contribution in [0, 0.1) is 0 Å². The normalized spacial score (nSPS) is 12.7. The maximum Gasteiger partial charge on any atom is 0.255 e. The van der Waals surface area contributed by atoms with Crippen molar-refractivity contribution in [2.24, 2.45) is 0 Å². The van der Waals surface area contributed by atoms with E-state index in [1.165, 1.54) is 5.56 Å². The number of nitrogens with one attached hydrogen (secondary N) is 1. The van der Waals surface area contributed by atoms with Crippen LogP contribution in [0.15, 0.2) is 54.6 Å². The molecule has 4 heteroatoms. The monoisotopic (exact) mass is 431 g/mol. The third-order valence-electron chi connectivity index (χ3n) is 5.63. The van der Waals surface area contributed by atoms with E-state index in [4.69, 9.17) is 5.10 Å². The zero-order valence-electron chi connectivity index (χ0n) is 21.0. The van der Waals surface area contributed by atoms with Gasteiger partial charge in [-0.2, -0.15) is 5.10 Å². The van der Waals surface area contributed by atoms with Crippen molar-refractivity contribution in [3.8, 4) is 5.69 Å². The van der Waals surface area contributed by atoms with Crippen LogP contribution in [0.5, 0.6) is 0 Å². The second-order valence-electron chi connectivity index (χ2n) is 11.7. The second kappa shape index (κ2) is 8.23. The Morgan fingerprint density at radius 3 is 1.78 bits per heavy atom. The molecule has 3 aromatic rings. The number of carbonyl (C=O) groups is 1. The highest BCUT2D eigenvalue weighted by Gasteiger charge is 2.26. The fourth-order valence-corrected chi connectivity index (χ4v) is 3.49. The number of anilines is 1. The first-order valence-corrected chi connectivity index (χ1v) is 11.3. The van der Waals surface area contributed by atoms with Crippen molar-refractivity contribution >= 4 is 11.6 Å². The van der Waals surface area contributed by atoms with Gasteiger partial charge in [-0.15, -0.1) is 0 Å². The van der Waals surface area contributed by atoms with E-state index < -0.39 is 0 Å². The first kappa shape index (κ1) is 23.8. The Morgan fingerprint density at radius 1 is 0.750 bits per heavy atom. The smallest absolute Gasteiger partial charge is 0.255 e. The van der Waals surface area contributed by atoms with Gasteiger partial charge in [-0.05, 0) is 53.4 Å². The molecule has 0 aliphatic carbocycles. The lowest BCUT2D eigenvalue weighted by Crippen LogP contribution is -2.17. The molecule has 3 rings (SSSR count). The molecule has 0 aliphatic rings. The van der Waals surface area contributed by atoms with E-state index in [0.717, 1.165) is 22.8 Å². The minimum atomic E-state index is -0.109. The standard InChI is InChI=1S/C28H37N3O/c1-26(2,3)20-12-10-19(11-13-20)25(32)29-21-14-16-22(17-15-21)31-24(28(7,8)9)18-23(30-31)27(4,5)6/h10-18H,1-9H3,(H,29,32). The summed E-state index contributed by atoms with van der Waals surface area (Å²) < 4.78 is 2.03. The quantitative estimate of drug-likeness (QED) is 0.484. The first-order valence-electron chi connectivity index (χ1n) is 11.3. The number of nitrogens with zero attached hydrogens (tertiary/aromatic N) is 2. The molecule has 2 aromatic carbocycles. The maximum absolute atomic E-state index is 12.7. The van der Waals surface area contributed by atoms with E-state index in [9.17, 15) is 4.79 Å². The van der Waals surface area contributed by atoms with Gasteiger partial charge in [0.15, 0.2) is 0 Å². The molecule has 1 heterocycles. The highest BCUT2D eigenvalue weighted by molar-refractivity contribution is 6.04. The summed E-state index contributed by atoms with van der Waals surface area (Å²) in [7, 11) is 0. The van der Waals surface area contributed by atoms with Crippen molar-refractivity contribution in [3.63, 3.8) is 0 Å². The number of amides is 1. The topological polar surface area (TPSA) is 46.9 Å². The lowest BCUT2D eigenvalue weighted by molar-refractivity contribution is 0.102. The van der Waals surface area contributed by atoms with Crippen molar-refractivity contribution in [3.05, 3.63) is 77.1 Å². The van der Waals surface area contributed by atoms with Crippen LogP contribution in [0.2, 0.25) is 0 Å². The SMILES string of the molecule is CC(C)(C)c1ccc(C(=O)Nc2ccc(-n3nc(C(C)(C)C)cc3C(C)(C)C)cc2)cc1. The zero-order chi connectivity index (χ0) is 23.9. The Balaban J connectivity index is 1.83. The van der Waals surface area contributed by atoms with Gasteiger partial charge in [0.25, 0.3) is 5.91 Å². The summed E-state index contributed by atoms with van der Waals surface area (Å²) in [4.78, 5) is 12.7. The summed E-state index contributed by atoms with van der Waals surface area (Å²) in [6.07, 6.45) is 0. The highest BCUT2D eigenvalue weighted by Crippen LogP contribution is 2.31. The molecule has 1 amide bonds. The number of hydrogen-bond donors (Lipinski definition) is 1. The minimum Gasteiger partial charge on any atom is -0.322 e. The number of hydrogen-bond acceptors (Lipinski definition) is 2. The van der Waals surface area contributed by atoms with Crippen molar-refractivity contribution < 1.29 is 4.79 Å². The fourth-order valence-electron chi connectivity index (χ4n) is 3.49. The van der Waals surface area contributed by atoms with Crippen LogP contribution < -0.4 is 5.32 Å². The summed E-state index contributed by atoms with van der Waals surface area (Å²) >= 11 is 0. The average Bonchev–Trinajstić information content (AvgIpc) is 3.14. The molecule has 1 N–H and O–H groups in total. The number of benzene rings is 2. The Morgan fingerprint density at radius 2 is 1.31 bits per heavy atom. The Hall–Kier alpha value is -2.88. The molecule has 0 radical (unpaired) electrons. The predicted octanol–water partition coefficient (Wildman–Crippen LogP) is 7.02. The van der Waals surface area contributed by atoms with Gasteiger partial charge in [0.2, 0.25) is 0 Å².